The standard InChI is InChI=1S/C19H20O6/c1-9-4-14-16-12(17(21)24-14)5-11(20)6-13(16)19(9)7-15(25-18(19)22)10-2-3-23-8-10/h2-3,8-9,11-12,14-15,20H,4-7H2,1H3/t9?,11?,12?,14?,15-,19+/m0/s1. The molecule has 1 N–H and O–H groups in total. The maximum absolute atomic E-state index is 13.0. The Labute approximate surface area is 144 Å². The second kappa shape index (κ2) is 4.97. The molecule has 6 atom stereocenters. The second-order valence-electron chi connectivity index (χ2n) is 7.77. The van der Waals surface area contributed by atoms with Crippen molar-refractivity contribution in [3.05, 3.63) is 35.3 Å². The van der Waals surface area contributed by atoms with E-state index in [9.17, 15) is 14.7 Å². The van der Waals surface area contributed by atoms with Gasteiger partial charge in [-0.05, 0) is 42.4 Å². The van der Waals surface area contributed by atoms with E-state index in [2.05, 4.69) is 0 Å². The van der Waals surface area contributed by atoms with Crippen LogP contribution in [0.3, 0.4) is 0 Å². The van der Waals surface area contributed by atoms with Crippen molar-refractivity contribution in [2.24, 2.45) is 17.3 Å². The van der Waals surface area contributed by atoms with Gasteiger partial charge in [0.2, 0.25) is 0 Å². The van der Waals surface area contributed by atoms with Gasteiger partial charge in [0.15, 0.2) is 0 Å². The lowest BCUT2D eigenvalue weighted by Crippen LogP contribution is -2.45. The first kappa shape index (κ1) is 15.2. The van der Waals surface area contributed by atoms with Crippen molar-refractivity contribution in [3.63, 3.8) is 0 Å². The van der Waals surface area contributed by atoms with Gasteiger partial charge in [-0.15, -0.1) is 0 Å². The van der Waals surface area contributed by atoms with Crippen molar-refractivity contribution in [3.8, 4) is 0 Å². The lowest BCUT2D eigenvalue weighted by atomic mass is 9.57. The summed E-state index contributed by atoms with van der Waals surface area (Å²) in [5.41, 5.74) is 1.90. The minimum atomic E-state index is -0.776. The zero-order valence-corrected chi connectivity index (χ0v) is 13.9. The van der Waals surface area contributed by atoms with E-state index in [-0.39, 0.29) is 30.1 Å². The largest absolute Gasteiger partial charge is 0.472 e. The zero-order chi connectivity index (χ0) is 17.3. The number of ether oxygens (including phenoxy) is 2. The summed E-state index contributed by atoms with van der Waals surface area (Å²) in [6.45, 7) is 2.02. The van der Waals surface area contributed by atoms with Gasteiger partial charge < -0.3 is 19.0 Å². The summed E-state index contributed by atoms with van der Waals surface area (Å²) in [5, 5.41) is 10.3. The van der Waals surface area contributed by atoms with Crippen LogP contribution in [0.15, 0.2) is 34.2 Å². The van der Waals surface area contributed by atoms with E-state index < -0.39 is 17.4 Å². The molecule has 2 fully saturated rings. The Morgan fingerprint density at radius 2 is 2.04 bits per heavy atom. The van der Waals surface area contributed by atoms with E-state index in [0.717, 1.165) is 16.7 Å². The molecule has 1 aromatic heterocycles. The first-order valence-electron chi connectivity index (χ1n) is 8.86. The molecule has 0 amide bonds. The SMILES string of the molecule is CC1CC2OC(=O)C3CC(O)CC(=C23)[C@@]12C[C@@H](c1ccoc1)OC2=O. The average molecular weight is 344 g/mol. The molecule has 0 bridgehead atoms. The molecule has 1 spiro atoms. The normalized spacial score (nSPS) is 42.6. The van der Waals surface area contributed by atoms with E-state index in [1.807, 2.05) is 13.0 Å². The average Bonchev–Trinajstić information content (AvgIpc) is 3.26. The Morgan fingerprint density at radius 3 is 2.80 bits per heavy atom. The number of carbonyl (C=O) groups is 2. The second-order valence-corrected chi connectivity index (χ2v) is 7.77. The number of carbonyl (C=O) groups excluding carboxylic acids is 2. The number of furan rings is 1. The minimum Gasteiger partial charge on any atom is -0.472 e. The monoisotopic (exact) mass is 344 g/mol. The molecular formula is C19H20O6. The molecular weight excluding hydrogens is 324 g/mol. The number of cyclic esters (lactones) is 1. The molecule has 6 nitrogen and oxygen atoms in total. The molecule has 5 rings (SSSR count). The predicted molar refractivity (Wildman–Crippen MR) is 84.0 cm³/mol. The summed E-state index contributed by atoms with van der Waals surface area (Å²) in [4.78, 5) is 25.3. The smallest absolute Gasteiger partial charge is 0.317 e. The number of esters is 2. The zero-order valence-electron chi connectivity index (χ0n) is 13.9. The van der Waals surface area contributed by atoms with Crippen LogP contribution in [0.2, 0.25) is 0 Å². The first-order chi connectivity index (χ1) is 12.0. The van der Waals surface area contributed by atoms with Gasteiger partial charge in [-0.3, -0.25) is 9.59 Å². The summed E-state index contributed by atoms with van der Waals surface area (Å²) < 4.78 is 16.4. The van der Waals surface area contributed by atoms with E-state index in [1.165, 1.54) is 0 Å². The summed E-state index contributed by atoms with van der Waals surface area (Å²) in [6.07, 6.45) is 3.89. The van der Waals surface area contributed by atoms with Crippen molar-refractivity contribution in [2.75, 3.05) is 0 Å². The molecule has 2 aliphatic heterocycles. The van der Waals surface area contributed by atoms with Gasteiger partial charge in [-0.1, -0.05) is 6.92 Å². The van der Waals surface area contributed by atoms with E-state index in [0.29, 0.717) is 25.7 Å². The highest BCUT2D eigenvalue weighted by Crippen LogP contribution is 2.61. The topological polar surface area (TPSA) is 86.0 Å². The van der Waals surface area contributed by atoms with Gasteiger partial charge >= 0.3 is 11.9 Å². The van der Waals surface area contributed by atoms with Crippen LogP contribution < -0.4 is 0 Å². The number of aliphatic hydroxyl groups is 1. The highest BCUT2D eigenvalue weighted by atomic mass is 16.6. The van der Waals surface area contributed by atoms with Crippen molar-refractivity contribution >= 4 is 11.9 Å². The number of rotatable bonds is 1. The Morgan fingerprint density at radius 1 is 1.20 bits per heavy atom. The molecule has 0 radical (unpaired) electrons. The fraction of sp³-hybridized carbons (Fsp3) is 0.579. The molecule has 4 unspecified atom stereocenters. The molecule has 0 saturated carbocycles. The minimum absolute atomic E-state index is 0.0162. The third-order valence-electron chi connectivity index (χ3n) is 6.54. The van der Waals surface area contributed by atoms with Crippen molar-refractivity contribution in [1.29, 1.82) is 0 Å². The van der Waals surface area contributed by atoms with Gasteiger partial charge in [0, 0.05) is 12.0 Å². The highest BCUT2D eigenvalue weighted by Gasteiger charge is 2.62. The van der Waals surface area contributed by atoms with Crippen molar-refractivity contribution in [1.82, 2.24) is 0 Å². The van der Waals surface area contributed by atoms with Crippen molar-refractivity contribution < 1.29 is 28.6 Å². The van der Waals surface area contributed by atoms with Crippen LogP contribution in [0.25, 0.3) is 0 Å². The van der Waals surface area contributed by atoms with E-state index >= 15 is 0 Å². The number of hydrogen-bond donors (Lipinski definition) is 1. The fourth-order valence-corrected chi connectivity index (χ4v) is 5.35. The summed E-state index contributed by atoms with van der Waals surface area (Å²) in [7, 11) is 0. The molecule has 6 heteroatoms. The maximum atomic E-state index is 13.0. The third-order valence-corrected chi connectivity index (χ3v) is 6.54. The molecule has 2 saturated heterocycles. The van der Waals surface area contributed by atoms with Gasteiger partial charge in [0.05, 0.1) is 30.0 Å². The Kier molecular flexibility index (Phi) is 3.02. The van der Waals surface area contributed by atoms with Crippen LogP contribution in [0.1, 0.15) is 44.3 Å². The predicted octanol–water partition coefficient (Wildman–Crippen LogP) is 2.29. The molecule has 4 aliphatic rings. The van der Waals surface area contributed by atoms with Gasteiger partial charge in [0.25, 0.3) is 0 Å². The molecule has 25 heavy (non-hydrogen) atoms. The molecule has 2 aliphatic carbocycles. The summed E-state index contributed by atoms with van der Waals surface area (Å²) in [6, 6.07) is 1.81. The molecule has 132 valence electrons. The highest BCUT2D eigenvalue weighted by molar-refractivity contribution is 5.87. The van der Waals surface area contributed by atoms with Gasteiger partial charge in [0.1, 0.15) is 12.2 Å². The first-order valence-corrected chi connectivity index (χ1v) is 8.86. The summed E-state index contributed by atoms with van der Waals surface area (Å²) in [5.74, 6) is -0.941. The third kappa shape index (κ3) is 1.89. The van der Waals surface area contributed by atoms with Crippen molar-refractivity contribution in [2.45, 2.75) is 50.9 Å². The van der Waals surface area contributed by atoms with Crippen LogP contribution in [0.5, 0.6) is 0 Å². The van der Waals surface area contributed by atoms with E-state index in [1.54, 1.807) is 12.5 Å². The van der Waals surface area contributed by atoms with Crippen LogP contribution in [0, 0.1) is 17.3 Å². The van der Waals surface area contributed by atoms with Gasteiger partial charge in [-0.2, -0.15) is 0 Å². The molecule has 3 heterocycles. The number of aliphatic hydroxyl groups excluding tert-OH is 1. The summed E-state index contributed by atoms with van der Waals surface area (Å²) >= 11 is 0. The van der Waals surface area contributed by atoms with Crippen LogP contribution >= 0.6 is 0 Å². The van der Waals surface area contributed by atoms with E-state index in [4.69, 9.17) is 13.9 Å². The Bertz CT molecular complexity index is 778. The van der Waals surface area contributed by atoms with Crippen LogP contribution in [-0.2, 0) is 19.1 Å². The maximum Gasteiger partial charge on any atom is 0.317 e. The Hall–Kier alpha value is -2.08. The quantitative estimate of drug-likeness (QED) is 0.621. The lowest BCUT2D eigenvalue weighted by Gasteiger charge is -2.44. The Balaban J connectivity index is 1.64. The van der Waals surface area contributed by atoms with Crippen LogP contribution in [-0.4, -0.2) is 29.3 Å². The fourth-order valence-electron chi connectivity index (χ4n) is 5.35. The lowest BCUT2D eigenvalue weighted by molar-refractivity contribution is -0.150. The number of hydrogen-bond acceptors (Lipinski definition) is 6. The van der Waals surface area contributed by atoms with Crippen LogP contribution in [0.4, 0.5) is 0 Å². The van der Waals surface area contributed by atoms with Gasteiger partial charge in [-0.25, -0.2) is 0 Å². The molecule has 0 aromatic carbocycles. The number of fused-ring (bicyclic) bond motifs is 1. The molecule has 1 aromatic rings.